The summed E-state index contributed by atoms with van der Waals surface area (Å²) in [5.41, 5.74) is 5.74. The average molecular weight is 1090 g/mol. The molecule has 0 bridgehead atoms. The van der Waals surface area contributed by atoms with E-state index in [4.69, 9.17) is 42.1 Å². The number of hydrogen-bond acceptors (Lipinski definition) is 8. The Morgan fingerprint density at radius 3 is 1.06 bits per heavy atom. The topological polar surface area (TPSA) is 77.5 Å². The van der Waals surface area contributed by atoms with Crippen molar-refractivity contribution in [1.29, 1.82) is 0 Å². The van der Waals surface area contributed by atoms with Crippen LogP contribution in [0.15, 0.2) is 170 Å². The van der Waals surface area contributed by atoms with Crippen LogP contribution in [0.4, 0.5) is 0 Å². The van der Waals surface area contributed by atoms with Crippen molar-refractivity contribution < 1.29 is 28.5 Å². The SMILES string of the molecule is CC(C)(C)c1ccc(C(CCCOC(c2ccccc2)c2ccc(Cl)cc2)(OC(=O)/C=C/C(=O)OC(CCCOC(c2ccccc2)c2ccc(Cl)cc2)(c2ccc(C(C)(C)C)cc2)N2CCCCC2)N2CCCCC2)cc1. The molecule has 0 aromatic heterocycles. The van der Waals surface area contributed by atoms with Crippen LogP contribution in [0, 0.1) is 0 Å². The van der Waals surface area contributed by atoms with Crippen LogP contribution in [0.5, 0.6) is 0 Å². The fourth-order valence-electron chi connectivity index (χ4n) is 11.2. The average Bonchev–Trinajstić information content (AvgIpc) is 3.49. The van der Waals surface area contributed by atoms with E-state index in [-0.39, 0.29) is 23.0 Å². The van der Waals surface area contributed by atoms with Gasteiger partial charge in [-0.05, 0) is 107 Å². The van der Waals surface area contributed by atoms with Crippen LogP contribution in [0.3, 0.4) is 0 Å². The highest BCUT2D eigenvalue weighted by Crippen LogP contribution is 2.42. The number of carbonyl (C=O) groups excluding carboxylic acids is 2. The smallest absolute Gasteiger partial charge is 0.333 e. The second-order valence-electron chi connectivity index (χ2n) is 23.1. The molecule has 412 valence electrons. The number of piperidine rings is 2. The predicted molar refractivity (Wildman–Crippen MR) is 316 cm³/mol. The van der Waals surface area contributed by atoms with E-state index >= 15 is 0 Å². The highest BCUT2D eigenvalue weighted by atomic mass is 35.5. The largest absolute Gasteiger partial charge is 0.436 e. The Balaban J connectivity index is 1.08. The zero-order valence-corrected chi connectivity index (χ0v) is 48.2. The van der Waals surface area contributed by atoms with Crippen molar-refractivity contribution in [3.05, 3.63) is 224 Å². The quantitative estimate of drug-likeness (QED) is 0.0378. The van der Waals surface area contributed by atoms with E-state index < -0.39 is 23.4 Å². The first-order chi connectivity index (χ1) is 37.5. The zero-order chi connectivity index (χ0) is 55.2. The summed E-state index contributed by atoms with van der Waals surface area (Å²) in [7, 11) is 0. The normalized spacial score (nSPS) is 17.2. The van der Waals surface area contributed by atoms with Gasteiger partial charge in [-0.3, -0.25) is 9.80 Å². The van der Waals surface area contributed by atoms with Crippen molar-refractivity contribution in [3.8, 4) is 0 Å². The molecule has 2 saturated heterocycles. The monoisotopic (exact) mass is 1090 g/mol. The Labute approximate surface area is 475 Å². The van der Waals surface area contributed by atoms with Gasteiger partial charge in [-0.25, -0.2) is 9.59 Å². The Morgan fingerprint density at radius 2 is 0.744 bits per heavy atom. The minimum atomic E-state index is -1.15. The van der Waals surface area contributed by atoms with E-state index in [1.165, 1.54) is 23.3 Å². The van der Waals surface area contributed by atoms with E-state index in [1.54, 1.807) is 0 Å². The van der Waals surface area contributed by atoms with Gasteiger partial charge in [0.05, 0.1) is 0 Å². The van der Waals surface area contributed by atoms with Gasteiger partial charge in [0.15, 0.2) is 11.4 Å². The van der Waals surface area contributed by atoms with Gasteiger partial charge < -0.3 is 18.9 Å². The van der Waals surface area contributed by atoms with Crippen molar-refractivity contribution in [2.75, 3.05) is 39.4 Å². The second-order valence-corrected chi connectivity index (χ2v) is 24.0. The van der Waals surface area contributed by atoms with E-state index in [2.05, 4.69) is 124 Å². The molecule has 8 rings (SSSR count). The number of esters is 2. The van der Waals surface area contributed by atoms with E-state index in [9.17, 15) is 9.59 Å². The standard InChI is InChI=1S/C68H80Cl2N2O6/c1-65(2,3)55-29-33-57(34-30-55)67(71-45-15-9-16-46-71,43-19-49-75-63(51-21-11-7-12-22-51)53-25-37-59(69)38-26-53)77-61(73)41-42-62(74)78-68(72-47-17-10-18-48-72,58-35-31-56(32-36-58)66(4,5)6)44-20-50-76-64(52-23-13-8-14-24-52)54-27-39-60(70)40-28-54/h7-8,11-14,21-42,63-64H,9-10,15-20,43-50H2,1-6H3/b42-41+. The maximum absolute atomic E-state index is 14.7. The van der Waals surface area contributed by atoms with Crippen molar-refractivity contribution in [2.24, 2.45) is 0 Å². The maximum Gasteiger partial charge on any atom is 0.333 e. The summed E-state index contributed by atoms with van der Waals surface area (Å²) in [6.45, 7) is 17.0. The van der Waals surface area contributed by atoms with Gasteiger partial charge in [0.1, 0.15) is 12.2 Å². The van der Waals surface area contributed by atoms with E-state index in [1.807, 2.05) is 84.9 Å². The fourth-order valence-corrected chi connectivity index (χ4v) is 11.4. The minimum Gasteiger partial charge on any atom is -0.436 e. The second kappa shape index (κ2) is 27.1. The summed E-state index contributed by atoms with van der Waals surface area (Å²) < 4.78 is 27.3. The molecule has 78 heavy (non-hydrogen) atoms. The Morgan fingerprint density at radius 1 is 0.436 bits per heavy atom. The van der Waals surface area contributed by atoms with Gasteiger partial charge in [0.25, 0.3) is 0 Å². The van der Waals surface area contributed by atoms with Gasteiger partial charge >= 0.3 is 11.9 Å². The third-order valence-electron chi connectivity index (χ3n) is 15.5. The van der Waals surface area contributed by atoms with E-state index in [0.29, 0.717) is 48.9 Å². The van der Waals surface area contributed by atoms with Crippen LogP contribution >= 0.6 is 23.2 Å². The van der Waals surface area contributed by atoms with Crippen LogP contribution < -0.4 is 0 Å². The lowest BCUT2D eigenvalue weighted by Gasteiger charge is -2.45. The van der Waals surface area contributed by atoms with Crippen LogP contribution in [0.25, 0.3) is 0 Å². The summed E-state index contributed by atoms with van der Waals surface area (Å²) >= 11 is 12.7. The number of hydrogen-bond donors (Lipinski definition) is 0. The summed E-state index contributed by atoms with van der Waals surface area (Å²) in [5, 5.41) is 1.32. The fraction of sp³-hybridized carbons (Fsp3) is 0.412. The first kappa shape index (κ1) is 58.6. The van der Waals surface area contributed by atoms with Gasteiger partial charge in [0.2, 0.25) is 0 Å². The van der Waals surface area contributed by atoms with Crippen LogP contribution in [-0.4, -0.2) is 61.1 Å². The molecule has 10 heteroatoms. The van der Waals surface area contributed by atoms with Crippen molar-refractivity contribution in [2.45, 2.75) is 140 Å². The zero-order valence-electron chi connectivity index (χ0n) is 46.7. The molecule has 2 aliphatic rings. The lowest BCUT2D eigenvalue weighted by Crippen LogP contribution is -2.52. The van der Waals surface area contributed by atoms with Crippen LogP contribution in [0.1, 0.15) is 162 Å². The molecule has 0 N–H and O–H groups in total. The predicted octanol–water partition coefficient (Wildman–Crippen LogP) is 16.4. The highest BCUT2D eigenvalue weighted by Gasteiger charge is 2.45. The summed E-state index contributed by atoms with van der Waals surface area (Å²) in [6, 6.07) is 53.0. The molecular weight excluding hydrogens is 1010 g/mol. The molecule has 6 aromatic carbocycles. The summed E-state index contributed by atoms with van der Waals surface area (Å²) in [6.07, 6.45) is 10.0. The van der Waals surface area contributed by atoms with E-state index in [0.717, 1.165) is 98.1 Å². The highest BCUT2D eigenvalue weighted by molar-refractivity contribution is 6.30. The number of likely N-dealkylation sites (tertiary alicyclic amines) is 2. The lowest BCUT2D eigenvalue weighted by molar-refractivity contribution is -0.193. The number of nitrogens with zero attached hydrogens (tertiary/aromatic N) is 2. The molecule has 2 fully saturated rings. The molecule has 0 spiro atoms. The molecule has 0 radical (unpaired) electrons. The third kappa shape index (κ3) is 15.2. The molecule has 0 aliphatic carbocycles. The first-order valence-electron chi connectivity index (χ1n) is 28.2. The number of benzene rings is 6. The number of halogens is 2. The molecule has 6 aromatic rings. The molecule has 4 atom stereocenters. The van der Waals surface area contributed by atoms with Crippen LogP contribution in [-0.2, 0) is 50.8 Å². The molecular formula is C68H80Cl2N2O6. The molecule has 8 nitrogen and oxygen atoms in total. The number of carbonyl (C=O) groups is 2. The summed E-state index contributed by atoms with van der Waals surface area (Å²) in [5.74, 6) is -1.25. The summed E-state index contributed by atoms with van der Waals surface area (Å²) in [4.78, 5) is 34.1. The molecule has 0 amide bonds. The van der Waals surface area contributed by atoms with Crippen molar-refractivity contribution >= 4 is 35.1 Å². The lowest BCUT2D eigenvalue weighted by atomic mass is 9.85. The molecule has 2 aliphatic heterocycles. The molecule has 4 unspecified atom stereocenters. The van der Waals surface area contributed by atoms with Gasteiger partial charge in [0, 0.05) is 85.6 Å². The minimum absolute atomic E-state index is 0.0822. The maximum atomic E-state index is 14.7. The number of ether oxygens (including phenoxy) is 4. The molecule has 2 heterocycles. The van der Waals surface area contributed by atoms with Gasteiger partial charge in [-0.1, -0.05) is 211 Å². The van der Waals surface area contributed by atoms with Crippen LogP contribution in [0.2, 0.25) is 10.0 Å². The third-order valence-corrected chi connectivity index (χ3v) is 16.0. The van der Waals surface area contributed by atoms with Crippen molar-refractivity contribution in [3.63, 3.8) is 0 Å². The first-order valence-corrected chi connectivity index (χ1v) is 29.0. The van der Waals surface area contributed by atoms with Gasteiger partial charge in [-0.2, -0.15) is 0 Å². The molecule has 0 saturated carbocycles. The Bertz CT molecular complexity index is 2640. The van der Waals surface area contributed by atoms with Gasteiger partial charge in [-0.15, -0.1) is 0 Å². The Kier molecular flexibility index (Phi) is 20.3. The Hall–Kier alpha value is -5.58. The number of rotatable bonds is 22. The van der Waals surface area contributed by atoms with Crippen molar-refractivity contribution in [1.82, 2.24) is 9.80 Å².